The highest BCUT2D eigenvalue weighted by Crippen LogP contribution is 2.28. The topological polar surface area (TPSA) is 26.3 Å². The Bertz CT molecular complexity index is 406. The molecule has 0 aliphatic carbocycles. The first kappa shape index (κ1) is 10.4. The molecule has 0 saturated heterocycles. The lowest BCUT2D eigenvalue weighted by Crippen LogP contribution is -2.14. The zero-order valence-electron chi connectivity index (χ0n) is 8.37. The van der Waals surface area contributed by atoms with Crippen LogP contribution in [-0.2, 0) is 9.53 Å². The van der Waals surface area contributed by atoms with Crippen LogP contribution in [0.4, 0.5) is 0 Å². The molecule has 1 heterocycles. The van der Waals surface area contributed by atoms with Crippen molar-refractivity contribution in [2.24, 2.45) is 0 Å². The van der Waals surface area contributed by atoms with Crippen molar-refractivity contribution in [1.82, 2.24) is 0 Å². The summed E-state index contributed by atoms with van der Waals surface area (Å²) < 4.78 is 6.64. The summed E-state index contributed by atoms with van der Waals surface area (Å²) in [7, 11) is 0. The van der Waals surface area contributed by atoms with Crippen LogP contribution >= 0.6 is 15.9 Å². The Balaban J connectivity index is 2.22. The van der Waals surface area contributed by atoms with Gasteiger partial charge in [0.25, 0.3) is 0 Å². The summed E-state index contributed by atoms with van der Waals surface area (Å²) in [5.41, 5.74) is 1.04. The maximum atomic E-state index is 11.4. The van der Waals surface area contributed by atoms with Crippen molar-refractivity contribution in [3.05, 3.63) is 46.1 Å². The van der Waals surface area contributed by atoms with Gasteiger partial charge in [0.05, 0.1) is 12.2 Å². The molecule has 2 nitrogen and oxygen atoms in total. The molecule has 3 heteroatoms. The molecule has 0 saturated carbocycles. The van der Waals surface area contributed by atoms with Crippen LogP contribution in [0.1, 0.15) is 25.0 Å². The van der Waals surface area contributed by atoms with Crippen LogP contribution in [0.25, 0.3) is 0 Å². The lowest BCUT2D eigenvalue weighted by Gasteiger charge is -2.22. The number of carbonyl (C=O) groups is 1. The summed E-state index contributed by atoms with van der Waals surface area (Å²) >= 11 is 3.37. The number of hydrogen-bond acceptors (Lipinski definition) is 2. The van der Waals surface area contributed by atoms with E-state index in [1.165, 1.54) is 0 Å². The third kappa shape index (κ3) is 2.48. The number of rotatable bonds is 1. The molecule has 78 valence electrons. The number of ether oxygens (including phenoxy) is 1. The van der Waals surface area contributed by atoms with E-state index in [9.17, 15) is 4.79 Å². The van der Waals surface area contributed by atoms with Crippen LogP contribution in [-0.4, -0.2) is 5.78 Å². The van der Waals surface area contributed by atoms with E-state index in [2.05, 4.69) is 15.9 Å². The fourth-order valence-electron chi connectivity index (χ4n) is 1.63. The average molecular weight is 267 g/mol. The first-order chi connectivity index (χ1) is 7.15. The van der Waals surface area contributed by atoms with E-state index in [0.717, 1.165) is 10.0 Å². The summed E-state index contributed by atoms with van der Waals surface area (Å²) in [6.45, 7) is 1.81. The third-order valence-electron chi connectivity index (χ3n) is 2.32. The molecule has 0 unspecified atom stereocenters. The molecular weight excluding hydrogens is 256 g/mol. The molecule has 0 aromatic heterocycles. The van der Waals surface area contributed by atoms with Gasteiger partial charge in [-0.1, -0.05) is 28.1 Å². The van der Waals surface area contributed by atoms with Gasteiger partial charge < -0.3 is 4.74 Å². The van der Waals surface area contributed by atoms with Crippen LogP contribution < -0.4 is 0 Å². The molecule has 0 spiro atoms. The molecule has 1 aromatic carbocycles. The van der Waals surface area contributed by atoms with Crippen molar-refractivity contribution in [1.29, 1.82) is 0 Å². The molecule has 1 aliphatic rings. The summed E-state index contributed by atoms with van der Waals surface area (Å²) in [5, 5.41) is 0. The second-order valence-corrected chi connectivity index (χ2v) is 4.50. The van der Waals surface area contributed by atoms with E-state index in [-0.39, 0.29) is 11.9 Å². The van der Waals surface area contributed by atoms with E-state index in [0.29, 0.717) is 12.2 Å². The minimum Gasteiger partial charge on any atom is -0.490 e. The highest BCUT2D eigenvalue weighted by atomic mass is 79.9. The zero-order valence-corrected chi connectivity index (χ0v) is 9.95. The monoisotopic (exact) mass is 266 g/mol. The quantitative estimate of drug-likeness (QED) is 0.779. The lowest BCUT2D eigenvalue weighted by atomic mass is 10.0. The van der Waals surface area contributed by atoms with Gasteiger partial charge in [-0.05, 0) is 24.6 Å². The summed E-state index contributed by atoms with van der Waals surface area (Å²) in [6, 6.07) is 7.86. The van der Waals surface area contributed by atoms with Crippen LogP contribution in [0.15, 0.2) is 40.6 Å². The highest BCUT2D eigenvalue weighted by Gasteiger charge is 2.21. The Kier molecular flexibility index (Phi) is 2.91. The highest BCUT2D eigenvalue weighted by molar-refractivity contribution is 9.10. The predicted molar refractivity (Wildman–Crippen MR) is 61.3 cm³/mol. The number of carbonyl (C=O) groups excluding carboxylic acids is 1. The van der Waals surface area contributed by atoms with Crippen LogP contribution in [0.3, 0.4) is 0 Å². The molecule has 0 N–H and O–H groups in total. The zero-order chi connectivity index (χ0) is 10.8. The second kappa shape index (κ2) is 4.19. The van der Waals surface area contributed by atoms with Crippen LogP contribution in [0, 0.1) is 0 Å². The number of ketones is 1. The van der Waals surface area contributed by atoms with Gasteiger partial charge in [-0.3, -0.25) is 4.79 Å². The smallest absolute Gasteiger partial charge is 0.163 e. The number of benzene rings is 1. The third-order valence-corrected chi connectivity index (χ3v) is 2.85. The molecule has 1 aliphatic heterocycles. The molecule has 2 rings (SSSR count). The maximum absolute atomic E-state index is 11.4. The first-order valence-electron chi connectivity index (χ1n) is 4.78. The minimum atomic E-state index is -0.129. The van der Waals surface area contributed by atoms with Gasteiger partial charge in [-0.15, -0.1) is 0 Å². The normalized spacial score (nSPS) is 20.8. The van der Waals surface area contributed by atoms with Gasteiger partial charge in [0, 0.05) is 10.5 Å². The molecule has 1 atom stereocenters. The van der Waals surface area contributed by atoms with E-state index < -0.39 is 0 Å². The average Bonchev–Trinajstić information content (AvgIpc) is 2.17. The van der Waals surface area contributed by atoms with Crippen molar-refractivity contribution in [2.45, 2.75) is 19.4 Å². The summed E-state index contributed by atoms with van der Waals surface area (Å²) in [5.74, 6) is 0.825. The Morgan fingerprint density at radius 3 is 2.60 bits per heavy atom. The SMILES string of the molecule is CC1=CC(=O)C[C@H](c2ccc(Br)cc2)O1. The Hall–Kier alpha value is -1.09. The fraction of sp³-hybridized carbons (Fsp3) is 0.250. The maximum Gasteiger partial charge on any atom is 0.163 e. The minimum absolute atomic E-state index is 0.129. The largest absolute Gasteiger partial charge is 0.490 e. The van der Waals surface area contributed by atoms with Gasteiger partial charge in [0.1, 0.15) is 6.10 Å². The molecule has 0 radical (unpaired) electrons. The predicted octanol–water partition coefficient (Wildman–Crippen LogP) is 3.38. The van der Waals surface area contributed by atoms with Crippen molar-refractivity contribution >= 4 is 21.7 Å². The van der Waals surface area contributed by atoms with E-state index in [4.69, 9.17) is 4.74 Å². The van der Waals surface area contributed by atoms with Gasteiger partial charge in [0.15, 0.2) is 5.78 Å². The number of halogens is 1. The van der Waals surface area contributed by atoms with Crippen molar-refractivity contribution in [3.8, 4) is 0 Å². The number of allylic oxidation sites excluding steroid dienone is 2. The summed E-state index contributed by atoms with van der Waals surface area (Å²) in [6.07, 6.45) is 1.85. The number of hydrogen-bond donors (Lipinski definition) is 0. The molecular formula is C12H11BrO2. The second-order valence-electron chi connectivity index (χ2n) is 3.58. The molecule has 15 heavy (non-hydrogen) atoms. The van der Waals surface area contributed by atoms with E-state index in [1.807, 2.05) is 31.2 Å². The van der Waals surface area contributed by atoms with Gasteiger partial charge >= 0.3 is 0 Å². The van der Waals surface area contributed by atoms with Crippen LogP contribution in [0.2, 0.25) is 0 Å². The lowest BCUT2D eigenvalue weighted by molar-refractivity contribution is -0.118. The van der Waals surface area contributed by atoms with Crippen molar-refractivity contribution in [3.63, 3.8) is 0 Å². The molecule has 0 amide bonds. The fourth-order valence-corrected chi connectivity index (χ4v) is 1.90. The standard InChI is InChI=1S/C12H11BrO2/c1-8-6-11(14)7-12(15-8)9-2-4-10(13)5-3-9/h2-6,12H,7H2,1H3/t12-/m1/s1. The van der Waals surface area contributed by atoms with Crippen molar-refractivity contribution < 1.29 is 9.53 Å². The first-order valence-corrected chi connectivity index (χ1v) is 5.58. The van der Waals surface area contributed by atoms with Gasteiger partial charge in [0.2, 0.25) is 0 Å². The molecule has 0 bridgehead atoms. The Morgan fingerprint density at radius 2 is 2.00 bits per heavy atom. The van der Waals surface area contributed by atoms with Crippen LogP contribution in [0.5, 0.6) is 0 Å². The Morgan fingerprint density at radius 1 is 1.33 bits per heavy atom. The summed E-state index contributed by atoms with van der Waals surface area (Å²) in [4.78, 5) is 11.4. The van der Waals surface area contributed by atoms with E-state index in [1.54, 1.807) is 6.08 Å². The van der Waals surface area contributed by atoms with Gasteiger partial charge in [-0.2, -0.15) is 0 Å². The van der Waals surface area contributed by atoms with Gasteiger partial charge in [-0.25, -0.2) is 0 Å². The molecule has 0 fully saturated rings. The Labute approximate surface area is 97.1 Å². The van der Waals surface area contributed by atoms with E-state index >= 15 is 0 Å². The van der Waals surface area contributed by atoms with Crippen molar-refractivity contribution in [2.75, 3.05) is 0 Å². The molecule has 1 aromatic rings.